The summed E-state index contributed by atoms with van der Waals surface area (Å²) >= 11 is 0. The smallest absolute Gasteiger partial charge is 0.00275 e. The van der Waals surface area contributed by atoms with E-state index in [1.165, 1.54) is 31.4 Å². The molecule has 3 heteroatoms. The van der Waals surface area contributed by atoms with E-state index in [2.05, 4.69) is 72.7 Å². The highest BCUT2D eigenvalue weighted by atomic mass is 15.0. The first-order valence-corrected chi connectivity index (χ1v) is 9.79. The van der Waals surface area contributed by atoms with Gasteiger partial charge in [0.1, 0.15) is 0 Å². The van der Waals surface area contributed by atoms with Crippen molar-refractivity contribution < 1.29 is 0 Å². The first-order valence-electron chi connectivity index (χ1n) is 9.79. The lowest BCUT2D eigenvalue weighted by molar-refractivity contribution is 0.408. The molecule has 0 bridgehead atoms. The predicted molar refractivity (Wildman–Crippen MR) is 119 cm³/mol. The zero-order chi connectivity index (χ0) is 20.5. The van der Waals surface area contributed by atoms with Crippen molar-refractivity contribution in [3.63, 3.8) is 0 Å². The van der Waals surface area contributed by atoms with Crippen molar-refractivity contribution in [2.24, 2.45) is 17.4 Å². The average Bonchev–Trinajstić information content (AvgIpc) is 2.50. The van der Waals surface area contributed by atoms with Gasteiger partial charge in [-0.15, -0.1) is 0 Å². The van der Waals surface area contributed by atoms with E-state index in [1.54, 1.807) is 0 Å². The van der Waals surface area contributed by atoms with Crippen LogP contribution in [0.1, 0.15) is 66.4 Å². The number of rotatable bonds is 4. The maximum Gasteiger partial charge on any atom is -0.00275 e. The quantitative estimate of drug-likeness (QED) is 0.768. The van der Waals surface area contributed by atoms with Gasteiger partial charge in [0.25, 0.3) is 0 Å². The standard InChI is InChI=1S/C7H8.C5H13N.C4H11N.C4H10.C2H7N/c1-7-5-3-2-4-6-7;1-4-5-6(2)3;1-2-3-4-5;1-4(2)3;1-2-3/h2-6H,1H3;4-5H2,1-3H3;2-5H2,1H3;4H,1-3H3;2-3H2,1H3. The Morgan fingerprint density at radius 2 is 1.28 bits per heavy atom. The second kappa shape index (κ2) is 30.9. The van der Waals surface area contributed by atoms with Crippen LogP contribution in [0.15, 0.2) is 30.3 Å². The molecule has 152 valence electrons. The molecule has 0 saturated carbocycles. The van der Waals surface area contributed by atoms with Gasteiger partial charge in [0.15, 0.2) is 0 Å². The van der Waals surface area contributed by atoms with Crippen LogP contribution in [0.5, 0.6) is 0 Å². The summed E-state index contributed by atoms with van der Waals surface area (Å²) in [5.74, 6) is 0.833. The Balaban J connectivity index is -0.000000114. The Bertz CT molecular complexity index is 280. The summed E-state index contributed by atoms with van der Waals surface area (Å²) in [6, 6.07) is 10.3. The molecule has 25 heavy (non-hydrogen) atoms. The molecule has 0 aromatic heterocycles. The molecule has 0 amide bonds. The van der Waals surface area contributed by atoms with Crippen LogP contribution in [0.25, 0.3) is 0 Å². The highest BCUT2D eigenvalue weighted by molar-refractivity contribution is 5.11. The third-order valence-electron chi connectivity index (χ3n) is 2.17. The lowest BCUT2D eigenvalue weighted by Gasteiger charge is -2.03. The molecular weight excluding hydrogens is 306 g/mol. The van der Waals surface area contributed by atoms with Crippen molar-refractivity contribution in [2.45, 2.75) is 67.7 Å². The first-order chi connectivity index (χ1) is 11.7. The minimum atomic E-state index is 0.750. The number of hydrogen-bond acceptors (Lipinski definition) is 3. The third kappa shape index (κ3) is 70.2. The molecule has 3 nitrogen and oxygen atoms in total. The molecule has 4 N–H and O–H groups in total. The molecule has 0 radical (unpaired) electrons. The van der Waals surface area contributed by atoms with E-state index in [0.29, 0.717) is 0 Å². The van der Waals surface area contributed by atoms with Crippen molar-refractivity contribution in [2.75, 3.05) is 33.7 Å². The molecular formula is C22H49N3. The van der Waals surface area contributed by atoms with Crippen molar-refractivity contribution in [3.8, 4) is 0 Å². The van der Waals surface area contributed by atoms with Crippen LogP contribution in [-0.2, 0) is 0 Å². The Morgan fingerprint density at radius 3 is 1.36 bits per heavy atom. The number of benzene rings is 1. The highest BCUT2D eigenvalue weighted by Crippen LogP contribution is 1.92. The second-order valence-electron chi connectivity index (χ2n) is 6.74. The predicted octanol–water partition coefficient (Wildman–Crippen LogP) is 5.33. The Morgan fingerprint density at radius 1 is 0.880 bits per heavy atom. The zero-order valence-corrected chi connectivity index (χ0v) is 18.8. The molecule has 0 heterocycles. The van der Waals surface area contributed by atoms with Crippen LogP contribution in [0.4, 0.5) is 0 Å². The van der Waals surface area contributed by atoms with Crippen LogP contribution < -0.4 is 11.5 Å². The van der Waals surface area contributed by atoms with Gasteiger partial charge >= 0.3 is 0 Å². The van der Waals surface area contributed by atoms with Crippen LogP contribution in [-0.4, -0.2) is 38.6 Å². The fraction of sp³-hybridized carbons (Fsp3) is 0.727. The lowest BCUT2D eigenvalue weighted by atomic mass is 10.2. The molecule has 0 aliphatic carbocycles. The first kappa shape index (κ1) is 31.8. The number of nitrogens with two attached hydrogens (primary N) is 2. The highest BCUT2D eigenvalue weighted by Gasteiger charge is 1.79. The normalized spacial score (nSPS) is 8.68. The van der Waals surface area contributed by atoms with Crippen LogP contribution in [0, 0.1) is 12.8 Å². The second-order valence-corrected chi connectivity index (χ2v) is 6.74. The van der Waals surface area contributed by atoms with Gasteiger partial charge in [-0.05, 0) is 59.4 Å². The summed E-state index contributed by atoms with van der Waals surface area (Å²) in [7, 11) is 4.17. The molecule has 0 fully saturated rings. The Hall–Kier alpha value is -0.900. The van der Waals surface area contributed by atoms with Gasteiger partial charge in [0, 0.05) is 0 Å². The summed E-state index contributed by atoms with van der Waals surface area (Å²) in [6.07, 6.45) is 3.64. The molecule has 0 spiro atoms. The molecule has 0 unspecified atom stereocenters. The molecule has 1 aromatic carbocycles. The SMILES string of the molecule is CC(C)C.CCCCN.CCCN(C)C.CCN.Cc1ccccc1. The van der Waals surface area contributed by atoms with E-state index in [0.717, 1.165) is 19.0 Å². The summed E-state index contributed by atoms with van der Waals surface area (Å²) in [5, 5.41) is 0. The van der Waals surface area contributed by atoms with E-state index < -0.39 is 0 Å². The largest absolute Gasteiger partial charge is 0.331 e. The fourth-order valence-corrected chi connectivity index (χ4v) is 1.19. The monoisotopic (exact) mass is 355 g/mol. The van der Waals surface area contributed by atoms with Crippen molar-refractivity contribution in [1.82, 2.24) is 4.90 Å². The molecule has 0 saturated heterocycles. The van der Waals surface area contributed by atoms with Gasteiger partial charge < -0.3 is 16.4 Å². The summed E-state index contributed by atoms with van der Waals surface area (Å²) in [4.78, 5) is 2.18. The molecule has 0 atom stereocenters. The number of nitrogens with zero attached hydrogens (tertiary/aromatic N) is 1. The van der Waals surface area contributed by atoms with Crippen LogP contribution >= 0.6 is 0 Å². The average molecular weight is 356 g/mol. The number of aryl methyl sites for hydroxylation is 1. The summed E-state index contributed by atoms with van der Waals surface area (Å²) in [5.41, 5.74) is 11.3. The van der Waals surface area contributed by atoms with Crippen molar-refractivity contribution in [3.05, 3.63) is 35.9 Å². The molecule has 1 aromatic rings. The Kier molecular flexibility index (Phi) is 39.4. The minimum absolute atomic E-state index is 0.750. The number of hydrogen-bond donors (Lipinski definition) is 2. The van der Waals surface area contributed by atoms with E-state index in [4.69, 9.17) is 11.5 Å². The van der Waals surface area contributed by atoms with Gasteiger partial charge in [-0.1, -0.05) is 83.9 Å². The fourth-order valence-electron chi connectivity index (χ4n) is 1.19. The number of unbranched alkanes of at least 4 members (excludes halogenated alkanes) is 1. The zero-order valence-electron chi connectivity index (χ0n) is 18.8. The van der Waals surface area contributed by atoms with E-state index in [1.807, 2.05) is 25.1 Å². The molecule has 0 aliphatic rings. The summed E-state index contributed by atoms with van der Waals surface area (Å²) < 4.78 is 0. The molecule has 1 rings (SSSR count). The van der Waals surface area contributed by atoms with Crippen LogP contribution in [0.3, 0.4) is 0 Å². The van der Waals surface area contributed by atoms with Crippen LogP contribution in [0.2, 0.25) is 0 Å². The summed E-state index contributed by atoms with van der Waals surface area (Å²) in [6.45, 7) is 17.6. The van der Waals surface area contributed by atoms with Gasteiger partial charge in [-0.25, -0.2) is 0 Å². The van der Waals surface area contributed by atoms with E-state index in [-0.39, 0.29) is 0 Å². The molecule has 0 aliphatic heterocycles. The third-order valence-corrected chi connectivity index (χ3v) is 2.17. The Labute approximate surface area is 160 Å². The lowest BCUT2D eigenvalue weighted by Crippen LogP contribution is -2.11. The van der Waals surface area contributed by atoms with Gasteiger partial charge in [-0.3, -0.25) is 0 Å². The minimum Gasteiger partial charge on any atom is -0.331 e. The topological polar surface area (TPSA) is 55.3 Å². The van der Waals surface area contributed by atoms with Crippen molar-refractivity contribution >= 4 is 0 Å². The maximum atomic E-state index is 5.14. The van der Waals surface area contributed by atoms with Gasteiger partial charge in [0.05, 0.1) is 0 Å². The van der Waals surface area contributed by atoms with E-state index in [9.17, 15) is 0 Å². The van der Waals surface area contributed by atoms with Gasteiger partial charge in [0.2, 0.25) is 0 Å². The van der Waals surface area contributed by atoms with Gasteiger partial charge in [-0.2, -0.15) is 0 Å². The van der Waals surface area contributed by atoms with E-state index >= 15 is 0 Å². The van der Waals surface area contributed by atoms with Crippen molar-refractivity contribution in [1.29, 1.82) is 0 Å². The maximum absolute atomic E-state index is 5.14.